The topological polar surface area (TPSA) is 34.1 Å². The standard InChI is InChI=1S/C25H30O2/c1-17-14-19(16-22(23(17)26)24(27)25(2,3)4)15-18-10-12-21(13-11-18)20-8-6-5-7-9-20/h5-13,17,19,22H,14-16H2,1-4H3/t17-,19?,22?/m0/s1. The first-order valence-electron chi connectivity index (χ1n) is 9.98. The summed E-state index contributed by atoms with van der Waals surface area (Å²) in [4.78, 5) is 25.3. The number of benzene rings is 2. The van der Waals surface area contributed by atoms with Crippen LogP contribution in [0.1, 0.15) is 46.1 Å². The van der Waals surface area contributed by atoms with Gasteiger partial charge in [0.15, 0.2) is 0 Å². The van der Waals surface area contributed by atoms with Crippen LogP contribution in [0.5, 0.6) is 0 Å². The van der Waals surface area contributed by atoms with E-state index in [0.717, 1.165) is 12.8 Å². The van der Waals surface area contributed by atoms with Crippen LogP contribution in [0.2, 0.25) is 0 Å². The van der Waals surface area contributed by atoms with Gasteiger partial charge in [-0.15, -0.1) is 0 Å². The van der Waals surface area contributed by atoms with Crippen molar-refractivity contribution >= 4 is 11.6 Å². The van der Waals surface area contributed by atoms with Gasteiger partial charge in [-0.1, -0.05) is 82.3 Å². The van der Waals surface area contributed by atoms with Crippen molar-refractivity contribution in [3.8, 4) is 11.1 Å². The van der Waals surface area contributed by atoms with Crippen LogP contribution >= 0.6 is 0 Å². The third kappa shape index (κ3) is 4.55. The largest absolute Gasteiger partial charge is 0.299 e. The number of hydrogen-bond acceptors (Lipinski definition) is 2. The Morgan fingerprint density at radius 1 is 0.926 bits per heavy atom. The summed E-state index contributed by atoms with van der Waals surface area (Å²) in [6.07, 6.45) is 2.51. The number of carbonyl (C=O) groups excluding carboxylic acids is 2. The summed E-state index contributed by atoms with van der Waals surface area (Å²) < 4.78 is 0. The molecule has 0 amide bonds. The van der Waals surface area contributed by atoms with Crippen molar-refractivity contribution < 1.29 is 9.59 Å². The molecule has 2 aromatic rings. The van der Waals surface area contributed by atoms with Gasteiger partial charge in [-0.25, -0.2) is 0 Å². The van der Waals surface area contributed by atoms with E-state index in [2.05, 4.69) is 48.5 Å². The van der Waals surface area contributed by atoms with E-state index in [9.17, 15) is 9.59 Å². The maximum Gasteiger partial charge on any atom is 0.148 e. The van der Waals surface area contributed by atoms with Gasteiger partial charge >= 0.3 is 0 Å². The van der Waals surface area contributed by atoms with Crippen molar-refractivity contribution in [2.45, 2.75) is 47.0 Å². The molecule has 1 aliphatic carbocycles. The molecule has 2 aromatic carbocycles. The quantitative estimate of drug-likeness (QED) is 0.650. The molecule has 142 valence electrons. The van der Waals surface area contributed by atoms with Crippen molar-refractivity contribution in [3.05, 3.63) is 60.2 Å². The maximum absolute atomic E-state index is 12.8. The van der Waals surface area contributed by atoms with E-state index in [1.54, 1.807) is 0 Å². The lowest BCUT2D eigenvalue weighted by atomic mass is 9.68. The average Bonchev–Trinajstić information content (AvgIpc) is 2.64. The summed E-state index contributed by atoms with van der Waals surface area (Å²) in [6.45, 7) is 7.73. The molecular weight excluding hydrogens is 332 g/mol. The maximum atomic E-state index is 12.8. The molecule has 0 heterocycles. The number of ketones is 2. The highest BCUT2D eigenvalue weighted by atomic mass is 16.2. The van der Waals surface area contributed by atoms with Gasteiger partial charge in [0.05, 0.1) is 5.92 Å². The Morgan fingerprint density at radius 3 is 2.11 bits per heavy atom. The van der Waals surface area contributed by atoms with Crippen molar-refractivity contribution in [2.75, 3.05) is 0 Å². The van der Waals surface area contributed by atoms with Gasteiger partial charge in [0.25, 0.3) is 0 Å². The minimum atomic E-state index is -0.459. The Bertz CT molecular complexity index is 796. The fraction of sp³-hybridized carbons (Fsp3) is 0.440. The fourth-order valence-electron chi connectivity index (χ4n) is 4.23. The van der Waals surface area contributed by atoms with E-state index in [0.29, 0.717) is 12.3 Å². The lowest BCUT2D eigenvalue weighted by molar-refractivity contribution is -0.142. The Kier molecular flexibility index (Phi) is 5.64. The van der Waals surface area contributed by atoms with Gasteiger partial charge in [-0.2, -0.15) is 0 Å². The molecule has 1 aliphatic rings. The Labute approximate surface area is 163 Å². The molecule has 0 spiro atoms. The number of carbonyl (C=O) groups is 2. The van der Waals surface area contributed by atoms with Crippen molar-refractivity contribution in [1.29, 1.82) is 0 Å². The first kappa shape index (κ1) is 19.5. The van der Waals surface area contributed by atoms with Crippen LogP contribution in [0.3, 0.4) is 0 Å². The Hall–Kier alpha value is -2.22. The van der Waals surface area contributed by atoms with Crippen molar-refractivity contribution in [2.24, 2.45) is 23.2 Å². The summed E-state index contributed by atoms with van der Waals surface area (Å²) in [5, 5.41) is 0. The zero-order valence-electron chi connectivity index (χ0n) is 16.9. The van der Waals surface area contributed by atoms with Crippen LogP contribution in [0, 0.1) is 23.2 Å². The van der Waals surface area contributed by atoms with E-state index in [4.69, 9.17) is 0 Å². The highest BCUT2D eigenvalue weighted by molar-refractivity contribution is 6.05. The van der Waals surface area contributed by atoms with Crippen LogP contribution in [-0.4, -0.2) is 11.6 Å². The second kappa shape index (κ2) is 7.80. The third-order valence-corrected chi connectivity index (χ3v) is 5.73. The monoisotopic (exact) mass is 362 g/mol. The van der Waals surface area contributed by atoms with E-state index in [-0.39, 0.29) is 17.5 Å². The molecule has 3 atom stereocenters. The number of hydrogen-bond donors (Lipinski definition) is 0. The fourth-order valence-corrected chi connectivity index (χ4v) is 4.23. The second-order valence-corrected chi connectivity index (χ2v) is 9.07. The molecule has 1 fully saturated rings. The zero-order valence-corrected chi connectivity index (χ0v) is 16.9. The number of Topliss-reactive ketones (excluding diaryl/α,β-unsaturated/α-hetero) is 2. The van der Waals surface area contributed by atoms with Gasteiger partial charge < -0.3 is 0 Å². The summed E-state index contributed by atoms with van der Waals surface area (Å²) in [7, 11) is 0. The molecule has 2 unspecified atom stereocenters. The summed E-state index contributed by atoms with van der Waals surface area (Å²) >= 11 is 0. The second-order valence-electron chi connectivity index (χ2n) is 9.07. The molecule has 3 rings (SSSR count). The summed E-state index contributed by atoms with van der Waals surface area (Å²) in [5.74, 6) is 0.177. The highest BCUT2D eigenvalue weighted by Gasteiger charge is 2.41. The highest BCUT2D eigenvalue weighted by Crippen LogP contribution is 2.36. The predicted molar refractivity (Wildman–Crippen MR) is 110 cm³/mol. The average molecular weight is 363 g/mol. The smallest absolute Gasteiger partial charge is 0.148 e. The zero-order chi connectivity index (χ0) is 19.6. The van der Waals surface area contributed by atoms with E-state index >= 15 is 0 Å². The molecule has 0 saturated heterocycles. The molecule has 0 aromatic heterocycles. The van der Waals surface area contributed by atoms with E-state index in [1.165, 1.54) is 16.7 Å². The first-order chi connectivity index (χ1) is 12.8. The number of rotatable bonds is 4. The Balaban J connectivity index is 1.71. The summed E-state index contributed by atoms with van der Waals surface area (Å²) in [6, 6.07) is 19.1. The SMILES string of the molecule is C[C@H]1CC(Cc2ccc(-c3ccccc3)cc2)CC(C(=O)C(C)(C)C)C1=O. The minimum absolute atomic E-state index is 0.0244. The molecule has 27 heavy (non-hydrogen) atoms. The van der Waals surface area contributed by atoms with Crippen LogP contribution in [-0.2, 0) is 16.0 Å². The molecule has 2 heteroatoms. The molecule has 0 bridgehead atoms. The third-order valence-electron chi connectivity index (χ3n) is 5.73. The predicted octanol–water partition coefficient (Wildman–Crippen LogP) is 5.74. The lowest BCUT2D eigenvalue weighted by Gasteiger charge is -2.34. The molecule has 0 N–H and O–H groups in total. The van der Waals surface area contributed by atoms with Crippen molar-refractivity contribution in [3.63, 3.8) is 0 Å². The molecule has 2 nitrogen and oxygen atoms in total. The van der Waals surface area contributed by atoms with E-state index < -0.39 is 11.3 Å². The minimum Gasteiger partial charge on any atom is -0.299 e. The van der Waals surface area contributed by atoms with Crippen LogP contribution in [0.15, 0.2) is 54.6 Å². The van der Waals surface area contributed by atoms with Crippen molar-refractivity contribution in [1.82, 2.24) is 0 Å². The molecule has 0 aliphatic heterocycles. The summed E-state index contributed by atoms with van der Waals surface area (Å²) in [5.41, 5.74) is 3.26. The molecule has 0 radical (unpaired) electrons. The normalized spacial score (nSPS) is 23.3. The molecule has 1 saturated carbocycles. The Morgan fingerprint density at radius 2 is 1.52 bits per heavy atom. The first-order valence-corrected chi connectivity index (χ1v) is 9.98. The van der Waals surface area contributed by atoms with E-state index in [1.807, 2.05) is 33.8 Å². The van der Waals surface area contributed by atoms with Gasteiger partial charge in [-0.3, -0.25) is 9.59 Å². The van der Waals surface area contributed by atoms with Crippen LogP contribution < -0.4 is 0 Å². The van der Waals surface area contributed by atoms with Gasteiger partial charge in [0, 0.05) is 11.3 Å². The van der Waals surface area contributed by atoms with Gasteiger partial charge in [-0.05, 0) is 41.9 Å². The van der Waals surface area contributed by atoms with Crippen LogP contribution in [0.4, 0.5) is 0 Å². The van der Waals surface area contributed by atoms with Gasteiger partial charge in [0.1, 0.15) is 11.6 Å². The van der Waals surface area contributed by atoms with Gasteiger partial charge in [0.2, 0.25) is 0 Å². The lowest BCUT2D eigenvalue weighted by Crippen LogP contribution is -2.41. The van der Waals surface area contributed by atoms with Crippen LogP contribution in [0.25, 0.3) is 11.1 Å². The molecular formula is C25H30O2.